The number of carbonyl (C=O) groups excluding carboxylic acids is 1. The standard InChI is InChI=1S/C13H12F3N3O2/c14-13(15,16)8-21-11-4-3-10(6-18-11)19-5-1-2-9(7-19)12(17)20/h1-6H,7-8H2,(H2,17,20). The van der Waals surface area contributed by atoms with Gasteiger partial charge in [0, 0.05) is 17.8 Å². The summed E-state index contributed by atoms with van der Waals surface area (Å²) >= 11 is 0. The monoisotopic (exact) mass is 299 g/mol. The fourth-order valence-electron chi connectivity index (χ4n) is 1.67. The Balaban J connectivity index is 2.01. The molecule has 0 spiro atoms. The number of nitrogens with zero attached hydrogens (tertiary/aromatic N) is 2. The van der Waals surface area contributed by atoms with Gasteiger partial charge in [0.2, 0.25) is 11.8 Å². The molecule has 0 fully saturated rings. The van der Waals surface area contributed by atoms with E-state index in [-0.39, 0.29) is 12.4 Å². The summed E-state index contributed by atoms with van der Waals surface area (Å²) in [6.45, 7) is -1.12. The van der Waals surface area contributed by atoms with Crippen molar-refractivity contribution in [1.29, 1.82) is 0 Å². The average Bonchev–Trinajstić information content (AvgIpc) is 2.45. The Kier molecular flexibility index (Phi) is 4.15. The zero-order valence-corrected chi connectivity index (χ0v) is 10.8. The number of nitrogens with two attached hydrogens (primary N) is 1. The van der Waals surface area contributed by atoms with Crippen molar-refractivity contribution in [2.75, 3.05) is 18.1 Å². The first-order valence-corrected chi connectivity index (χ1v) is 5.94. The molecule has 8 heteroatoms. The summed E-state index contributed by atoms with van der Waals surface area (Å²) in [5.41, 5.74) is 6.24. The van der Waals surface area contributed by atoms with Gasteiger partial charge < -0.3 is 15.4 Å². The Hall–Kier alpha value is -2.51. The Morgan fingerprint density at radius 2 is 2.19 bits per heavy atom. The second-order valence-electron chi connectivity index (χ2n) is 4.28. The zero-order chi connectivity index (χ0) is 15.5. The number of pyridine rings is 1. The molecule has 1 aliphatic rings. The highest BCUT2D eigenvalue weighted by molar-refractivity contribution is 5.93. The van der Waals surface area contributed by atoms with Crippen LogP contribution >= 0.6 is 0 Å². The lowest BCUT2D eigenvalue weighted by atomic mass is 10.1. The summed E-state index contributed by atoms with van der Waals surface area (Å²) in [6.07, 6.45) is 1.92. The molecule has 112 valence electrons. The maximum atomic E-state index is 12.0. The number of halogens is 3. The van der Waals surface area contributed by atoms with Gasteiger partial charge in [0.15, 0.2) is 6.61 Å². The number of ether oxygens (including phenoxy) is 1. The Bertz CT molecular complexity index is 579. The first kappa shape index (κ1) is 14.9. The van der Waals surface area contributed by atoms with Crippen molar-refractivity contribution in [2.24, 2.45) is 5.73 Å². The van der Waals surface area contributed by atoms with Crippen LogP contribution in [0.2, 0.25) is 0 Å². The Morgan fingerprint density at radius 1 is 1.43 bits per heavy atom. The van der Waals surface area contributed by atoms with Crippen LogP contribution in [0.5, 0.6) is 5.88 Å². The van der Waals surface area contributed by atoms with Crippen LogP contribution in [0.1, 0.15) is 0 Å². The van der Waals surface area contributed by atoms with Crippen LogP contribution in [-0.2, 0) is 4.79 Å². The lowest BCUT2D eigenvalue weighted by Crippen LogP contribution is -2.28. The van der Waals surface area contributed by atoms with Gasteiger partial charge in [-0.1, -0.05) is 6.08 Å². The summed E-state index contributed by atoms with van der Waals surface area (Å²) in [4.78, 5) is 16.6. The van der Waals surface area contributed by atoms with Crippen molar-refractivity contribution in [3.63, 3.8) is 0 Å². The number of alkyl halides is 3. The zero-order valence-electron chi connectivity index (χ0n) is 10.8. The fourth-order valence-corrected chi connectivity index (χ4v) is 1.67. The number of hydrogen-bond acceptors (Lipinski definition) is 4. The van der Waals surface area contributed by atoms with Gasteiger partial charge in [0.1, 0.15) is 0 Å². The Morgan fingerprint density at radius 3 is 2.76 bits per heavy atom. The summed E-state index contributed by atoms with van der Waals surface area (Å²) < 4.78 is 40.5. The number of rotatable bonds is 4. The number of allylic oxidation sites excluding steroid dienone is 2. The number of anilines is 1. The minimum atomic E-state index is -4.41. The molecule has 2 heterocycles. The predicted molar refractivity (Wildman–Crippen MR) is 69.6 cm³/mol. The molecule has 0 saturated carbocycles. The third kappa shape index (κ3) is 4.23. The third-order valence-corrected chi connectivity index (χ3v) is 2.66. The van der Waals surface area contributed by atoms with E-state index in [0.29, 0.717) is 11.3 Å². The molecule has 0 bridgehead atoms. The van der Waals surface area contributed by atoms with Crippen LogP contribution in [0.15, 0.2) is 42.3 Å². The number of hydrogen-bond donors (Lipinski definition) is 1. The number of primary amides is 1. The van der Waals surface area contributed by atoms with Crippen molar-refractivity contribution in [1.82, 2.24) is 4.98 Å². The molecule has 2 N–H and O–H groups in total. The fraction of sp³-hybridized carbons (Fsp3) is 0.231. The van der Waals surface area contributed by atoms with Gasteiger partial charge in [0.25, 0.3) is 0 Å². The minimum Gasteiger partial charge on any atom is -0.468 e. The van der Waals surface area contributed by atoms with E-state index >= 15 is 0 Å². The molecule has 1 aliphatic heterocycles. The normalized spacial score (nSPS) is 14.8. The largest absolute Gasteiger partial charge is 0.468 e. The first-order chi connectivity index (χ1) is 9.85. The smallest absolute Gasteiger partial charge is 0.422 e. The van der Waals surface area contributed by atoms with E-state index < -0.39 is 18.7 Å². The molecule has 0 aromatic carbocycles. The highest BCUT2D eigenvalue weighted by Gasteiger charge is 2.28. The maximum absolute atomic E-state index is 12.0. The number of aromatic nitrogens is 1. The molecular weight excluding hydrogens is 287 g/mol. The molecule has 0 atom stereocenters. The molecule has 5 nitrogen and oxygen atoms in total. The predicted octanol–water partition coefficient (Wildman–Crippen LogP) is 1.77. The highest BCUT2D eigenvalue weighted by Crippen LogP contribution is 2.21. The molecular formula is C13H12F3N3O2. The van der Waals surface area contributed by atoms with Crippen molar-refractivity contribution >= 4 is 11.6 Å². The van der Waals surface area contributed by atoms with Crippen molar-refractivity contribution in [3.8, 4) is 5.88 Å². The molecule has 1 amide bonds. The van der Waals surface area contributed by atoms with Gasteiger partial charge >= 0.3 is 6.18 Å². The van der Waals surface area contributed by atoms with Crippen LogP contribution < -0.4 is 15.4 Å². The molecule has 1 aromatic heterocycles. The molecule has 0 unspecified atom stereocenters. The number of amides is 1. The van der Waals surface area contributed by atoms with Gasteiger partial charge in [-0.25, -0.2) is 4.98 Å². The quantitative estimate of drug-likeness (QED) is 0.920. The summed E-state index contributed by atoms with van der Waals surface area (Å²) in [6, 6.07) is 2.88. The van der Waals surface area contributed by atoms with Gasteiger partial charge in [0.05, 0.1) is 18.4 Å². The van der Waals surface area contributed by atoms with E-state index in [0.717, 1.165) is 0 Å². The average molecular weight is 299 g/mol. The lowest BCUT2D eigenvalue weighted by Gasteiger charge is -2.23. The maximum Gasteiger partial charge on any atom is 0.422 e. The summed E-state index contributed by atoms with van der Waals surface area (Å²) in [7, 11) is 0. The molecule has 1 aromatic rings. The van der Waals surface area contributed by atoms with Crippen LogP contribution in [0.3, 0.4) is 0 Å². The van der Waals surface area contributed by atoms with Gasteiger partial charge in [-0.05, 0) is 12.1 Å². The van der Waals surface area contributed by atoms with Crippen molar-refractivity contribution in [3.05, 3.63) is 42.3 Å². The lowest BCUT2D eigenvalue weighted by molar-refractivity contribution is -0.154. The van der Waals surface area contributed by atoms with E-state index in [1.165, 1.54) is 12.3 Å². The highest BCUT2D eigenvalue weighted by atomic mass is 19.4. The van der Waals surface area contributed by atoms with E-state index in [1.54, 1.807) is 29.3 Å². The van der Waals surface area contributed by atoms with E-state index in [1.807, 2.05) is 0 Å². The Labute approximate surface area is 118 Å². The van der Waals surface area contributed by atoms with Gasteiger partial charge in [-0.2, -0.15) is 13.2 Å². The number of carbonyl (C=O) groups is 1. The molecule has 0 radical (unpaired) electrons. The SMILES string of the molecule is NC(=O)C1=CC=CN(c2ccc(OCC(F)(F)F)nc2)C1. The molecule has 2 rings (SSSR count). The van der Waals surface area contributed by atoms with Crippen LogP contribution in [0.4, 0.5) is 18.9 Å². The second-order valence-corrected chi connectivity index (χ2v) is 4.28. The summed E-state index contributed by atoms with van der Waals surface area (Å²) in [5.74, 6) is -0.648. The molecule has 21 heavy (non-hydrogen) atoms. The van der Waals surface area contributed by atoms with E-state index in [2.05, 4.69) is 9.72 Å². The van der Waals surface area contributed by atoms with Crippen LogP contribution in [-0.4, -0.2) is 30.2 Å². The first-order valence-electron chi connectivity index (χ1n) is 5.94. The second kappa shape index (κ2) is 5.86. The van der Waals surface area contributed by atoms with Crippen molar-refractivity contribution < 1.29 is 22.7 Å². The molecule has 0 saturated heterocycles. The third-order valence-electron chi connectivity index (χ3n) is 2.66. The van der Waals surface area contributed by atoms with Crippen molar-refractivity contribution in [2.45, 2.75) is 6.18 Å². The van der Waals surface area contributed by atoms with Gasteiger partial charge in [-0.15, -0.1) is 0 Å². The topological polar surface area (TPSA) is 68.5 Å². The van der Waals surface area contributed by atoms with Gasteiger partial charge in [-0.3, -0.25) is 4.79 Å². The summed E-state index contributed by atoms with van der Waals surface area (Å²) in [5, 5.41) is 0. The van der Waals surface area contributed by atoms with E-state index in [4.69, 9.17) is 5.73 Å². The minimum absolute atomic E-state index is 0.122. The van der Waals surface area contributed by atoms with Crippen LogP contribution in [0.25, 0.3) is 0 Å². The molecule has 0 aliphatic carbocycles. The van der Waals surface area contributed by atoms with E-state index in [9.17, 15) is 18.0 Å². The van der Waals surface area contributed by atoms with Crippen LogP contribution in [0, 0.1) is 0 Å².